The number of allylic oxidation sites excluding steroid dienone is 1. The van der Waals surface area contributed by atoms with Crippen molar-refractivity contribution in [3.8, 4) is 5.75 Å². The number of nitrogens with one attached hydrogen (secondary N) is 5. The molecule has 0 saturated carbocycles. The number of esters is 1. The number of carbonyl (C=O) groups excluding carboxylic acids is 6. The smallest absolute Gasteiger partial charge is 0.328 e. The highest BCUT2D eigenvalue weighted by atomic mass is 16.5. The van der Waals surface area contributed by atoms with Crippen molar-refractivity contribution in [2.75, 3.05) is 6.61 Å². The fourth-order valence-electron chi connectivity index (χ4n) is 5.13. The maximum atomic E-state index is 13.7. The fourth-order valence-corrected chi connectivity index (χ4v) is 5.13. The molecule has 1 aliphatic heterocycles. The normalized spacial score (nSPS) is 20.5. The van der Waals surface area contributed by atoms with Gasteiger partial charge in [0.25, 0.3) is 0 Å². The third kappa shape index (κ3) is 14.8. The number of aromatic hydroxyl groups is 1. The molecule has 0 radical (unpaired) electrons. The van der Waals surface area contributed by atoms with Gasteiger partial charge in [-0.05, 0) is 49.3 Å². The lowest BCUT2D eigenvalue weighted by molar-refractivity contribution is -0.148. The molecule has 0 fully saturated rings. The molecule has 0 aromatic heterocycles. The molecule has 0 bridgehead atoms. The maximum Gasteiger partial charge on any atom is 0.328 e. The Bertz CT molecular complexity index is 1360. The van der Waals surface area contributed by atoms with E-state index in [0.717, 1.165) is 31.8 Å². The molecule has 1 heterocycles. The first-order chi connectivity index (χ1) is 23.7. The largest absolute Gasteiger partial charge is 0.508 e. The van der Waals surface area contributed by atoms with Gasteiger partial charge in [0, 0.05) is 18.9 Å². The van der Waals surface area contributed by atoms with Crippen molar-refractivity contribution in [2.24, 2.45) is 11.8 Å². The van der Waals surface area contributed by atoms with E-state index in [9.17, 15) is 33.9 Å². The summed E-state index contributed by atoms with van der Waals surface area (Å²) >= 11 is 0. The van der Waals surface area contributed by atoms with Gasteiger partial charge in [-0.2, -0.15) is 0 Å². The van der Waals surface area contributed by atoms with Crippen molar-refractivity contribution in [1.29, 1.82) is 0 Å². The van der Waals surface area contributed by atoms with Crippen LogP contribution in [0.3, 0.4) is 0 Å². The molecule has 1 aromatic rings. The summed E-state index contributed by atoms with van der Waals surface area (Å²) in [5, 5.41) is 23.2. The van der Waals surface area contributed by atoms with Crippen LogP contribution in [0.15, 0.2) is 48.6 Å². The van der Waals surface area contributed by atoms with Crippen LogP contribution in [0.2, 0.25) is 0 Å². The number of ether oxygens (including phenoxy) is 1. The van der Waals surface area contributed by atoms with Gasteiger partial charge in [0.15, 0.2) is 0 Å². The number of hydrogen-bond donors (Lipinski definition) is 6. The van der Waals surface area contributed by atoms with E-state index >= 15 is 0 Å². The monoisotopic (exact) mass is 697 g/mol. The molecule has 5 amide bonds. The Morgan fingerprint density at radius 2 is 1.66 bits per heavy atom. The summed E-state index contributed by atoms with van der Waals surface area (Å²) in [5.41, 5.74) is 0.684. The minimum atomic E-state index is -1.06. The zero-order chi connectivity index (χ0) is 37.2. The summed E-state index contributed by atoms with van der Waals surface area (Å²) < 4.78 is 5.35. The second kappa shape index (κ2) is 21.4. The van der Waals surface area contributed by atoms with Gasteiger partial charge in [-0.3, -0.25) is 24.0 Å². The summed E-state index contributed by atoms with van der Waals surface area (Å²) in [7, 11) is 0. The number of carbonyl (C=O) groups is 6. The van der Waals surface area contributed by atoms with Crippen LogP contribution in [-0.4, -0.2) is 77.4 Å². The van der Waals surface area contributed by atoms with Crippen LogP contribution in [0, 0.1) is 11.8 Å². The van der Waals surface area contributed by atoms with Crippen molar-refractivity contribution in [3.05, 3.63) is 54.1 Å². The van der Waals surface area contributed by atoms with Crippen LogP contribution in [-0.2, 0) is 39.9 Å². The van der Waals surface area contributed by atoms with Crippen molar-refractivity contribution >= 4 is 35.5 Å². The van der Waals surface area contributed by atoms with Gasteiger partial charge in [0.2, 0.25) is 29.5 Å². The third-order valence-corrected chi connectivity index (χ3v) is 8.14. The average molecular weight is 698 g/mol. The number of amides is 5. The maximum absolute atomic E-state index is 13.7. The molecule has 276 valence electrons. The van der Waals surface area contributed by atoms with E-state index in [0.29, 0.717) is 5.56 Å². The lowest BCUT2D eigenvalue weighted by atomic mass is 10.0. The highest BCUT2D eigenvalue weighted by Gasteiger charge is 2.31. The van der Waals surface area contributed by atoms with Crippen molar-refractivity contribution in [1.82, 2.24) is 26.6 Å². The summed E-state index contributed by atoms with van der Waals surface area (Å²) in [6, 6.07) is 1.31. The Morgan fingerprint density at radius 1 is 0.960 bits per heavy atom. The first-order valence-electron chi connectivity index (χ1n) is 17.5. The molecule has 0 aliphatic carbocycles. The molecule has 0 spiro atoms. The highest BCUT2D eigenvalue weighted by molar-refractivity contribution is 5.95. The van der Waals surface area contributed by atoms with Crippen LogP contribution in [0.1, 0.15) is 85.6 Å². The molecular formula is C37H55N5O8. The van der Waals surface area contributed by atoms with Crippen LogP contribution in [0.5, 0.6) is 5.75 Å². The Labute approximate surface area is 295 Å². The van der Waals surface area contributed by atoms with Gasteiger partial charge in [-0.25, -0.2) is 4.79 Å². The first kappa shape index (κ1) is 41.5. The van der Waals surface area contributed by atoms with Crippen molar-refractivity contribution < 1.29 is 38.6 Å². The number of phenols is 1. The Balaban J connectivity index is 2.20. The molecule has 1 aromatic carbocycles. The highest BCUT2D eigenvalue weighted by Crippen LogP contribution is 2.13. The zero-order valence-electron chi connectivity index (χ0n) is 30.1. The number of unbranched alkanes of at least 4 members (excludes halogenated alkanes) is 4. The average Bonchev–Trinajstić information content (AvgIpc) is 3.06. The summed E-state index contributed by atoms with van der Waals surface area (Å²) in [5.74, 6) is -4.00. The Hall–Kier alpha value is -4.68. The quantitative estimate of drug-likeness (QED) is 0.0863. The lowest BCUT2D eigenvalue weighted by Gasteiger charge is -2.27. The fraction of sp³-hybridized carbons (Fsp3) is 0.568. The van der Waals surface area contributed by atoms with Gasteiger partial charge in [0.05, 0.1) is 6.04 Å². The third-order valence-electron chi connectivity index (χ3n) is 8.14. The van der Waals surface area contributed by atoms with E-state index in [1.54, 1.807) is 45.9 Å². The Morgan fingerprint density at radius 3 is 2.30 bits per heavy atom. The van der Waals surface area contributed by atoms with E-state index < -0.39 is 65.7 Å². The number of hydrogen-bond acceptors (Lipinski definition) is 8. The van der Waals surface area contributed by atoms with E-state index in [1.807, 2.05) is 6.08 Å². The topological polar surface area (TPSA) is 192 Å². The molecule has 2 unspecified atom stereocenters. The molecule has 50 heavy (non-hydrogen) atoms. The van der Waals surface area contributed by atoms with Crippen molar-refractivity contribution in [3.63, 3.8) is 0 Å². The molecule has 0 saturated heterocycles. The molecule has 13 heteroatoms. The second-order valence-electron chi connectivity index (χ2n) is 13.3. The second-order valence-corrected chi connectivity index (χ2v) is 13.3. The summed E-state index contributed by atoms with van der Waals surface area (Å²) in [6.07, 6.45) is 11.8. The first-order valence-corrected chi connectivity index (χ1v) is 17.5. The molecule has 13 nitrogen and oxygen atoms in total. The number of rotatable bonds is 16. The van der Waals surface area contributed by atoms with Crippen LogP contribution >= 0.6 is 0 Å². The predicted octanol–water partition coefficient (Wildman–Crippen LogP) is 2.72. The van der Waals surface area contributed by atoms with Gasteiger partial charge in [0.1, 0.15) is 36.5 Å². The van der Waals surface area contributed by atoms with E-state index in [1.165, 1.54) is 31.6 Å². The lowest BCUT2D eigenvalue weighted by Crippen LogP contribution is -2.57. The minimum absolute atomic E-state index is 0.0577. The minimum Gasteiger partial charge on any atom is -0.508 e. The summed E-state index contributed by atoms with van der Waals surface area (Å²) in [6.45, 7) is 10.2. The molecule has 1 aliphatic rings. The van der Waals surface area contributed by atoms with Crippen molar-refractivity contribution in [2.45, 2.75) is 117 Å². The van der Waals surface area contributed by atoms with Crippen LogP contribution in [0.4, 0.5) is 0 Å². The van der Waals surface area contributed by atoms with Gasteiger partial charge in [-0.1, -0.05) is 84.2 Å². The predicted molar refractivity (Wildman–Crippen MR) is 189 cm³/mol. The van der Waals surface area contributed by atoms with Crippen LogP contribution < -0.4 is 26.6 Å². The van der Waals surface area contributed by atoms with Gasteiger partial charge < -0.3 is 36.4 Å². The van der Waals surface area contributed by atoms with E-state index in [2.05, 4.69) is 33.5 Å². The molecule has 6 N–H and O–H groups in total. The molecule has 5 atom stereocenters. The van der Waals surface area contributed by atoms with Crippen LogP contribution in [0.25, 0.3) is 0 Å². The number of benzene rings is 1. The molecular weight excluding hydrogens is 642 g/mol. The summed E-state index contributed by atoms with van der Waals surface area (Å²) in [4.78, 5) is 78.1. The number of cyclic esters (lactones) is 1. The van der Waals surface area contributed by atoms with Gasteiger partial charge in [-0.15, -0.1) is 0 Å². The van der Waals surface area contributed by atoms with Gasteiger partial charge >= 0.3 is 5.97 Å². The standard InChI is InChI=1S/C37H55N5O8/c1-7-8-9-10-11-12-13-14-30(44)40-29(21-26-15-18-28(43)19-16-26)34(46)42-33(24(4)5)36(48)39-27-17-20-31(45)41-32(23(2)3)35(47)38-25(6)37(49)50-22-27/h12-13,15-20,23-25,27,29,32-33,43H,7-11,14,21-22H2,1-6H3,(H,38,47)(H,39,48)(H,40,44)(H,41,45)(H,42,46)/b13-12-,20-17+/t25-,27+,29?,32-,33?/m0/s1. The van der Waals surface area contributed by atoms with E-state index in [-0.39, 0.29) is 37.0 Å². The SMILES string of the molecule is CCCCCC/C=C\CC(=O)NC(Cc1ccc(O)cc1)C(=O)NC(C(=O)N[C@@H]1/C=C/C(=O)N[C@@H](C(C)C)C(=O)N[C@@H](C)C(=O)OC1)C(C)C. The zero-order valence-corrected chi connectivity index (χ0v) is 30.1. The van der Waals surface area contributed by atoms with E-state index in [4.69, 9.17) is 4.74 Å². The number of phenolic OH excluding ortho intramolecular Hbond substituents is 1. The molecule has 2 rings (SSSR count). The Kier molecular flexibility index (Phi) is 17.8.